The van der Waals surface area contributed by atoms with Crippen molar-refractivity contribution in [3.63, 3.8) is 0 Å². The minimum atomic E-state index is -0.581. The molecular weight excluding hydrogens is 765 g/mol. The third-order valence-corrected chi connectivity index (χ3v) is 10.3. The Labute approximate surface area is 383 Å². The molecule has 0 fully saturated rings. The highest BCUT2D eigenvalue weighted by Crippen LogP contribution is 2.13. The molecule has 0 aromatic carbocycles. The van der Waals surface area contributed by atoms with Gasteiger partial charge in [0.1, 0.15) is 6.61 Å². The maximum absolute atomic E-state index is 12.8. The van der Waals surface area contributed by atoms with Crippen LogP contribution in [0.15, 0.2) is 109 Å². The third kappa shape index (κ3) is 49.2. The molecule has 0 aromatic heterocycles. The van der Waals surface area contributed by atoms with Crippen LogP contribution in [0.4, 0.5) is 0 Å². The van der Waals surface area contributed by atoms with E-state index < -0.39 is 6.10 Å². The molecule has 0 saturated heterocycles. The summed E-state index contributed by atoms with van der Waals surface area (Å²) in [6.45, 7) is 7.41. The number of allylic oxidation sites excluding steroid dienone is 18. The molecule has 62 heavy (non-hydrogen) atoms. The molecule has 5 nitrogen and oxygen atoms in total. The molecule has 0 bridgehead atoms. The molecule has 0 rings (SSSR count). The summed E-state index contributed by atoms with van der Waals surface area (Å²) in [6, 6.07) is 0. The van der Waals surface area contributed by atoms with Crippen LogP contribution in [0, 0.1) is 0 Å². The molecule has 1 atom stereocenters. The maximum Gasteiger partial charge on any atom is 0.306 e. The predicted molar refractivity (Wildman–Crippen MR) is 269 cm³/mol. The van der Waals surface area contributed by atoms with Crippen molar-refractivity contribution in [1.29, 1.82) is 0 Å². The van der Waals surface area contributed by atoms with E-state index in [9.17, 15) is 9.59 Å². The van der Waals surface area contributed by atoms with Crippen LogP contribution in [-0.2, 0) is 23.8 Å². The van der Waals surface area contributed by atoms with Gasteiger partial charge < -0.3 is 14.2 Å². The van der Waals surface area contributed by atoms with Crippen LogP contribution in [0.2, 0.25) is 0 Å². The first-order valence-electron chi connectivity index (χ1n) is 25.4. The quantitative estimate of drug-likeness (QED) is 0.0347. The van der Waals surface area contributed by atoms with Gasteiger partial charge >= 0.3 is 11.9 Å². The van der Waals surface area contributed by atoms with E-state index in [1.54, 1.807) is 0 Å². The highest BCUT2D eigenvalue weighted by atomic mass is 16.6. The molecule has 0 aliphatic rings. The molecular formula is C57H94O5. The van der Waals surface area contributed by atoms with Gasteiger partial charge in [-0.2, -0.15) is 0 Å². The number of esters is 2. The Bertz CT molecular complexity index is 1250. The molecule has 1 unspecified atom stereocenters. The highest BCUT2D eigenvalue weighted by molar-refractivity contribution is 5.70. The number of carbonyl (C=O) groups excluding carboxylic acids is 2. The molecule has 0 aliphatic heterocycles. The van der Waals surface area contributed by atoms with Crippen LogP contribution in [0.3, 0.4) is 0 Å². The Morgan fingerprint density at radius 1 is 0.371 bits per heavy atom. The zero-order valence-corrected chi connectivity index (χ0v) is 40.3. The molecule has 0 spiro atoms. The summed E-state index contributed by atoms with van der Waals surface area (Å²) in [5, 5.41) is 0. The minimum absolute atomic E-state index is 0.0465. The molecule has 0 heterocycles. The lowest BCUT2D eigenvalue weighted by atomic mass is 10.1. The van der Waals surface area contributed by atoms with E-state index in [1.807, 2.05) is 0 Å². The highest BCUT2D eigenvalue weighted by Gasteiger charge is 2.17. The maximum atomic E-state index is 12.8. The molecule has 0 radical (unpaired) electrons. The Morgan fingerprint density at radius 3 is 1.18 bits per heavy atom. The van der Waals surface area contributed by atoms with Crippen molar-refractivity contribution >= 4 is 11.9 Å². The van der Waals surface area contributed by atoms with E-state index in [-0.39, 0.29) is 25.2 Å². The summed E-state index contributed by atoms with van der Waals surface area (Å²) < 4.78 is 17.3. The van der Waals surface area contributed by atoms with Crippen LogP contribution < -0.4 is 0 Å². The number of carbonyl (C=O) groups is 2. The number of ether oxygens (including phenoxy) is 3. The van der Waals surface area contributed by atoms with E-state index >= 15 is 0 Å². The second kappa shape index (κ2) is 51.9. The van der Waals surface area contributed by atoms with E-state index in [0.29, 0.717) is 19.4 Å². The topological polar surface area (TPSA) is 61.8 Å². The fourth-order valence-corrected chi connectivity index (χ4v) is 6.56. The van der Waals surface area contributed by atoms with Crippen molar-refractivity contribution in [2.75, 3.05) is 19.8 Å². The molecule has 352 valence electrons. The summed E-state index contributed by atoms with van der Waals surface area (Å²) in [6.07, 6.45) is 71.0. The smallest absolute Gasteiger partial charge is 0.306 e. The van der Waals surface area contributed by atoms with Gasteiger partial charge in [0.25, 0.3) is 0 Å². The van der Waals surface area contributed by atoms with Crippen molar-refractivity contribution in [1.82, 2.24) is 0 Å². The normalized spacial score (nSPS) is 13.1. The van der Waals surface area contributed by atoms with Gasteiger partial charge in [0, 0.05) is 19.4 Å². The summed E-state index contributed by atoms with van der Waals surface area (Å²) in [5.74, 6) is -0.460. The van der Waals surface area contributed by atoms with Gasteiger partial charge in [0.2, 0.25) is 0 Å². The standard InChI is InChI=1S/C57H94O5/c1-4-7-10-13-16-19-22-25-27-28-29-30-31-33-35-38-41-44-47-50-56(58)61-54-55(53-60-52-49-46-43-40-37-34-26-23-20-17-14-11-8-5-2)62-57(59)51-48-45-42-39-36-32-24-21-18-15-12-9-6-3/h7-8,10-11,16-17,19-21,24-27,29-30,34,40,43,55H,4-6,9,12-15,18,22-23,28,31-33,35-39,41-42,44-54H2,1-3H3/b10-7-,11-8-,19-16-,20-17-,24-21-,27-25-,30-29-,34-26-,43-40-. The summed E-state index contributed by atoms with van der Waals surface area (Å²) in [7, 11) is 0. The lowest BCUT2D eigenvalue weighted by Crippen LogP contribution is -2.30. The average molecular weight is 859 g/mol. The molecule has 0 amide bonds. The number of hydrogen-bond acceptors (Lipinski definition) is 5. The van der Waals surface area contributed by atoms with Crippen molar-refractivity contribution < 1.29 is 23.8 Å². The number of hydrogen-bond donors (Lipinski definition) is 0. The number of rotatable bonds is 45. The second-order valence-corrected chi connectivity index (χ2v) is 16.3. The molecule has 0 saturated carbocycles. The van der Waals surface area contributed by atoms with E-state index in [2.05, 4.69) is 130 Å². The van der Waals surface area contributed by atoms with Crippen LogP contribution in [0.1, 0.15) is 213 Å². The van der Waals surface area contributed by atoms with Crippen LogP contribution in [0.5, 0.6) is 0 Å². The average Bonchev–Trinajstić information content (AvgIpc) is 3.27. The van der Waals surface area contributed by atoms with Gasteiger partial charge in [-0.25, -0.2) is 0 Å². The predicted octanol–water partition coefficient (Wildman–Crippen LogP) is 17.2. The van der Waals surface area contributed by atoms with Crippen LogP contribution in [-0.4, -0.2) is 37.9 Å². The Morgan fingerprint density at radius 2 is 0.726 bits per heavy atom. The Hall–Kier alpha value is -3.44. The van der Waals surface area contributed by atoms with Crippen molar-refractivity contribution in [3.8, 4) is 0 Å². The lowest BCUT2D eigenvalue weighted by molar-refractivity contribution is -0.163. The molecule has 0 N–H and O–H groups in total. The van der Waals surface area contributed by atoms with Gasteiger partial charge in [-0.15, -0.1) is 0 Å². The summed E-state index contributed by atoms with van der Waals surface area (Å²) >= 11 is 0. The second-order valence-electron chi connectivity index (χ2n) is 16.3. The zero-order chi connectivity index (χ0) is 44.9. The summed E-state index contributed by atoms with van der Waals surface area (Å²) in [5.41, 5.74) is 0. The van der Waals surface area contributed by atoms with Crippen molar-refractivity contribution in [2.45, 2.75) is 219 Å². The first-order chi connectivity index (χ1) is 30.6. The largest absolute Gasteiger partial charge is 0.462 e. The fraction of sp³-hybridized carbons (Fsp3) is 0.649. The van der Waals surface area contributed by atoms with Crippen LogP contribution >= 0.6 is 0 Å². The van der Waals surface area contributed by atoms with Gasteiger partial charge in [-0.3, -0.25) is 9.59 Å². The van der Waals surface area contributed by atoms with Gasteiger partial charge in [0.05, 0.1) is 6.61 Å². The van der Waals surface area contributed by atoms with Gasteiger partial charge in [0.15, 0.2) is 6.10 Å². The zero-order valence-electron chi connectivity index (χ0n) is 40.3. The summed E-state index contributed by atoms with van der Waals surface area (Å²) in [4.78, 5) is 25.4. The lowest BCUT2D eigenvalue weighted by Gasteiger charge is -2.18. The monoisotopic (exact) mass is 859 g/mol. The first kappa shape index (κ1) is 58.6. The fourth-order valence-electron chi connectivity index (χ4n) is 6.56. The van der Waals surface area contributed by atoms with Crippen LogP contribution in [0.25, 0.3) is 0 Å². The first-order valence-corrected chi connectivity index (χ1v) is 25.4. The van der Waals surface area contributed by atoms with E-state index in [4.69, 9.17) is 14.2 Å². The third-order valence-electron chi connectivity index (χ3n) is 10.3. The molecule has 5 heteroatoms. The van der Waals surface area contributed by atoms with Crippen molar-refractivity contribution in [3.05, 3.63) is 109 Å². The molecule has 0 aliphatic carbocycles. The number of unbranched alkanes of at least 4 members (excludes halogenated alkanes) is 16. The van der Waals surface area contributed by atoms with Gasteiger partial charge in [-0.05, 0) is 116 Å². The SMILES string of the molecule is CC/C=C\C/C=C\C/C=C\C/C=C\CCCCCCCCC(=O)OCC(COCCC/C=C\C/C=C\C/C=C\C/C=C\CC)OC(=O)CCCCCCC/C=C\CCCCCC. The Balaban J connectivity index is 4.38. The van der Waals surface area contributed by atoms with E-state index in [1.165, 1.54) is 64.2 Å². The van der Waals surface area contributed by atoms with E-state index in [0.717, 1.165) is 116 Å². The van der Waals surface area contributed by atoms with Crippen molar-refractivity contribution in [2.24, 2.45) is 0 Å². The molecule has 0 aromatic rings. The minimum Gasteiger partial charge on any atom is -0.462 e. The Kier molecular flexibility index (Phi) is 49.0. The van der Waals surface area contributed by atoms with Gasteiger partial charge in [-0.1, -0.05) is 194 Å².